The van der Waals surface area contributed by atoms with Crippen molar-refractivity contribution in [2.75, 3.05) is 11.1 Å². The van der Waals surface area contributed by atoms with Crippen LogP contribution in [0.2, 0.25) is 0 Å². The molecule has 0 atom stereocenters. The van der Waals surface area contributed by atoms with Crippen LogP contribution in [0.3, 0.4) is 0 Å². The number of nitrogens with zero attached hydrogens (tertiary/aromatic N) is 7. The minimum Gasteiger partial charge on any atom is -0.325 e. The lowest BCUT2D eigenvalue weighted by molar-refractivity contribution is -0.113. The highest BCUT2D eigenvalue weighted by molar-refractivity contribution is 7.99. The van der Waals surface area contributed by atoms with Crippen molar-refractivity contribution in [3.8, 4) is 11.4 Å². The van der Waals surface area contributed by atoms with Gasteiger partial charge in [0.25, 0.3) is 0 Å². The quantitative estimate of drug-likeness (QED) is 0.462. The second kappa shape index (κ2) is 8.64. The van der Waals surface area contributed by atoms with Gasteiger partial charge in [-0.25, -0.2) is 4.39 Å². The van der Waals surface area contributed by atoms with Gasteiger partial charge in [-0.1, -0.05) is 17.8 Å². The molecule has 2 aromatic carbocycles. The van der Waals surface area contributed by atoms with Gasteiger partial charge in [0.1, 0.15) is 17.8 Å². The molecule has 2 aromatic heterocycles. The molecule has 31 heavy (non-hydrogen) atoms. The molecular weight excluding hydrogens is 419 g/mol. The van der Waals surface area contributed by atoms with Crippen molar-refractivity contribution >= 4 is 23.4 Å². The highest BCUT2D eigenvalue weighted by Crippen LogP contribution is 2.23. The van der Waals surface area contributed by atoms with E-state index in [1.807, 2.05) is 36.6 Å². The van der Waals surface area contributed by atoms with E-state index in [1.165, 1.54) is 40.2 Å². The van der Waals surface area contributed by atoms with Gasteiger partial charge >= 0.3 is 0 Å². The smallest absolute Gasteiger partial charge is 0.234 e. The van der Waals surface area contributed by atoms with Gasteiger partial charge in [-0.2, -0.15) is 4.68 Å². The number of nitrogens with one attached hydrogen (secondary N) is 1. The molecule has 0 fully saturated rings. The normalized spacial score (nSPS) is 11.0. The molecule has 0 aliphatic carbocycles. The number of hydrogen-bond donors (Lipinski definition) is 1. The van der Waals surface area contributed by atoms with E-state index in [1.54, 1.807) is 13.3 Å². The Morgan fingerprint density at radius 2 is 1.94 bits per heavy atom. The minimum absolute atomic E-state index is 0.111. The first kappa shape index (κ1) is 20.7. The van der Waals surface area contributed by atoms with Crippen LogP contribution < -0.4 is 5.32 Å². The Morgan fingerprint density at radius 1 is 1.10 bits per heavy atom. The molecule has 2 heterocycles. The number of benzene rings is 2. The lowest BCUT2D eigenvalue weighted by Crippen LogP contribution is -2.15. The van der Waals surface area contributed by atoms with Crippen molar-refractivity contribution in [3.63, 3.8) is 0 Å². The van der Waals surface area contributed by atoms with Crippen LogP contribution in [-0.2, 0) is 4.79 Å². The standard InChI is InChI=1S/C20H19FN8OS/c1-12-4-6-16(8-13(12)2)28-11-22-25-20(28)31-10-19(30)23-15-5-7-17(21)18(9-15)29-14(3)24-26-27-29/h4-9,11H,10H2,1-3H3,(H,23,30). The Bertz CT molecular complexity index is 1250. The number of anilines is 1. The van der Waals surface area contributed by atoms with Crippen LogP contribution in [0.25, 0.3) is 11.4 Å². The molecule has 0 saturated carbocycles. The third-order valence-corrected chi connectivity index (χ3v) is 5.64. The maximum absolute atomic E-state index is 14.2. The van der Waals surface area contributed by atoms with Gasteiger partial charge in [0, 0.05) is 11.4 Å². The number of hydrogen-bond acceptors (Lipinski definition) is 7. The SMILES string of the molecule is Cc1ccc(-n2cnnc2SCC(=O)Nc2ccc(F)c(-n3nnnc3C)c2)cc1C. The van der Waals surface area contributed by atoms with Crippen molar-refractivity contribution < 1.29 is 9.18 Å². The Labute approximate surface area is 181 Å². The van der Waals surface area contributed by atoms with E-state index in [0.29, 0.717) is 16.7 Å². The van der Waals surface area contributed by atoms with Crippen LogP contribution in [0.4, 0.5) is 10.1 Å². The molecular formula is C20H19FN8OS. The Balaban J connectivity index is 1.45. The summed E-state index contributed by atoms with van der Waals surface area (Å²) in [4.78, 5) is 12.5. The summed E-state index contributed by atoms with van der Waals surface area (Å²) in [6.07, 6.45) is 1.62. The third-order valence-electron chi connectivity index (χ3n) is 4.70. The number of halogens is 1. The van der Waals surface area contributed by atoms with Crippen LogP contribution in [0.5, 0.6) is 0 Å². The summed E-state index contributed by atoms with van der Waals surface area (Å²) in [5.74, 6) is -0.210. The third kappa shape index (κ3) is 4.45. The molecule has 0 spiro atoms. The van der Waals surface area contributed by atoms with Crippen LogP contribution in [0, 0.1) is 26.6 Å². The van der Waals surface area contributed by atoms with Gasteiger partial charge in [0.05, 0.1) is 5.75 Å². The average Bonchev–Trinajstić information content (AvgIpc) is 3.39. The molecule has 0 bridgehead atoms. The van der Waals surface area contributed by atoms with Crippen molar-refractivity contribution in [1.82, 2.24) is 35.0 Å². The summed E-state index contributed by atoms with van der Waals surface area (Å²) in [5.41, 5.74) is 3.87. The number of tetrazole rings is 1. The summed E-state index contributed by atoms with van der Waals surface area (Å²) >= 11 is 1.26. The van der Waals surface area contributed by atoms with Gasteiger partial charge in [-0.05, 0) is 72.7 Å². The van der Waals surface area contributed by atoms with Gasteiger partial charge < -0.3 is 5.32 Å². The number of carbonyl (C=O) groups excluding carboxylic acids is 1. The highest BCUT2D eigenvalue weighted by atomic mass is 32.2. The van der Waals surface area contributed by atoms with Crippen LogP contribution in [0.1, 0.15) is 17.0 Å². The zero-order valence-corrected chi connectivity index (χ0v) is 17.9. The number of thioether (sulfide) groups is 1. The van der Waals surface area contributed by atoms with E-state index in [0.717, 1.165) is 11.3 Å². The molecule has 1 amide bonds. The first-order valence-electron chi connectivity index (χ1n) is 9.37. The molecule has 1 N–H and O–H groups in total. The fourth-order valence-corrected chi connectivity index (χ4v) is 3.64. The molecule has 0 saturated heterocycles. The molecule has 4 rings (SSSR count). The van der Waals surface area contributed by atoms with Crippen molar-refractivity contribution in [2.45, 2.75) is 25.9 Å². The predicted octanol–water partition coefficient (Wildman–Crippen LogP) is 3.04. The molecule has 0 radical (unpaired) electrons. The summed E-state index contributed by atoms with van der Waals surface area (Å²) in [7, 11) is 0. The summed E-state index contributed by atoms with van der Waals surface area (Å²) in [5, 5.41) is 22.5. The number of amides is 1. The zero-order valence-electron chi connectivity index (χ0n) is 17.1. The Hall–Kier alpha value is -3.60. The summed E-state index contributed by atoms with van der Waals surface area (Å²) in [6, 6.07) is 10.3. The highest BCUT2D eigenvalue weighted by Gasteiger charge is 2.14. The second-order valence-corrected chi connectivity index (χ2v) is 7.84. The van der Waals surface area contributed by atoms with Crippen LogP contribution in [-0.4, -0.2) is 46.6 Å². The van der Waals surface area contributed by atoms with Gasteiger partial charge in [0.2, 0.25) is 5.91 Å². The summed E-state index contributed by atoms with van der Waals surface area (Å²) in [6.45, 7) is 5.75. The van der Waals surface area contributed by atoms with E-state index < -0.39 is 5.82 Å². The largest absolute Gasteiger partial charge is 0.325 e. The maximum atomic E-state index is 14.2. The fourth-order valence-electron chi connectivity index (χ4n) is 2.91. The van der Waals surface area contributed by atoms with Crippen molar-refractivity contribution in [2.24, 2.45) is 0 Å². The topological polar surface area (TPSA) is 103 Å². The average molecular weight is 438 g/mol. The van der Waals surface area contributed by atoms with E-state index in [9.17, 15) is 9.18 Å². The second-order valence-electron chi connectivity index (χ2n) is 6.89. The fraction of sp³-hybridized carbons (Fsp3) is 0.200. The Morgan fingerprint density at radius 3 is 2.68 bits per heavy atom. The molecule has 0 aliphatic rings. The number of aromatic nitrogens is 7. The summed E-state index contributed by atoms with van der Waals surface area (Å²) < 4.78 is 17.3. The molecule has 9 nitrogen and oxygen atoms in total. The zero-order chi connectivity index (χ0) is 22.0. The van der Waals surface area contributed by atoms with E-state index in [2.05, 4.69) is 31.0 Å². The van der Waals surface area contributed by atoms with Gasteiger partial charge in [-0.15, -0.1) is 15.3 Å². The van der Waals surface area contributed by atoms with Gasteiger partial charge in [0.15, 0.2) is 11.0 Å². The molecule has 4 aromatic rings. The Kier molecular flexibility index (Phi) is 5.76. The van der Waals surface area contributed by atoms with Crippen LogP contribution in [0.15, 0.2) is 47.9 Å². The molecule has 0 aliphatic heterocycles. The molecule has 158 valence electrons. The monoisotopic (exact) mass is 438 g/mol. The lowest BCUT2D eigenvalue weighted by Gasteiger charge is -2.10. The minimum atomic E-state index is -0.496. The van der Waals surface area contributed by atoms with E-state index >= 15 is 0 Å². The maximum Gasteiger partial charge on any atom is 0.234 e. The first-order chi connectivity index (χ1) is 14.9. The molecule has 11 heteroatoms. The van der Waals surface area contributed by atoms with Crippen molar-refractivity contribution in [1.29, 1.82) is 0 Å². The number of aryl methyl sites for hydroxylation is 3. The van der Waals surface area contributed by atoms with Gasteiger partial charge in [-0.3, -0.25) is 9.36 Å². The van der Waals surface area contributed by atoms with Crippen LogP contribution >= 0.6 is 11.8 Å². The van der Waals surface area contributed by atoms with E-state index in [-0.39, 0.29) is 17.3 Å². The van der Waals surface area contributed by atoms with E-state index in [4.69, 9.17) is 0 Å². The van der Waals surface area contributed by atoms with Crippen molar-refractivity contribution in [3.05, 3.63) is 65.5 Å². The number of rotatable bonds is 6. The predicted molar refractivity (Wildman–Crippen MR) is 114 cm³/mol. The lowest BCUT2D eigenvalue weighted by atomic mass is 10.1. The number of carbonyl (C=O) groups is 1. The first-order valence-corrected chi connectivity index (χ1v) is 10.4. The molecule has 0 unspecified atom stereocenters.